The van der Waals surface area contributed by atoms with Crippen LogP contribution in [0.15, 0.2) is 28.8 Å². The normalized spacial score (nSPS) is 14.3. The Morgan fingerprint density at radius 1 is 1.39 bits per heavy atom. The van der Waals surface area contributed by atoms with Crippen molar-refractivity contribution < 1.29 is 14.1 Å². The summed E-state index contributed by atoms with van der Waals surface area (Å²) >= 11 is 0. The molecule has 6 heteroatoms. The fourth-order valence-electron chi connectivity index (χ4n) is 2.39. The van der Waals surface area contributed by atoms with Crippen LogP contribution >= 0.6 is 0 Å². The number of para-hydroxylation sites is 1. The van der Waals surface area contributed by atoms with Crippen LogP contribution in [-0.2, 0) is 13.0 Å². The average molecular weight is 315 g/mol. The standard InChI is InChI=1S/C17H21N3O3/c1-3-15-18-16(23-19-15)11-20(2)17(21)13-9-4-5-10-14(13)22-12-7-6-8-12/h4-5,9-10,12H,3,6-8,11H2,1-2H3. The van der Waals surface area contributed by atoms with Crippen LogP contribution in [0.4, 0.5) is 0 Å². The van der Waals surface area contributed by atoms with Gasteiger partial charge in [0.15, 0.2) is 5.82 Å². The molecule has 2 aromatic rings. The average Bonchev–Trinajstić information content (AvgIpc) is 2.98. The van der Waals surface area contributed by atoms with E-state index in [1.165, 1.54) is 6.42 Å². The summed E-state index contributed by atoms with van der Waals surface area (Å²) in [5.41, 5.74) is 0.567. The summed E-state index contributed by atoms with van der Waals surface area (Å²) in [6, 6.07) is 7.37. The summed E-state index contributed by atoms with van der Waals surface area (Å²) in [7, 11) is 1.72. The molecule has 1 fully saturated rings. The molecule has 1 amide bonds. The maximum absolute atomic E-state index is 12.7. The summed E-state index contributed by atoms with van der Waals surface area (Å²) in [6.45, 7) is 2.24. The third-order valence-electron chi connectivity index (χ3n) is 4.01. The van der Waals surface area contributed by atoms with Crippen LogP contribution < -0.4 is 4.74 Å². The van der Waals surface area contributed by atoms with Gasteiger partial charge in [-0.1, -0.05) is 24.2 Å². The van der Waals surface area contributed by atoms with Crippen LogP contribution in [0.5, 0.6) is 5.75 Å². The maximum atomic E-state index is 12.7. The van der Waals surface area contributed by atoms with E-state index in [1.807, 2.05) is 25.1 Å². The zero-order chi connectivity index (χ0) is 16.2. The smallest absolute Gasteiger partial charge is 0.257 e. The lowest BCUT2D eigenvalue weighted by Gasteiger charge is -2.27. The van der Waals surface area contributed by atoms with Gasteiger partial charge < -0.3 is 14.2 Å². The predicted molar refractivity (Wildman–Crippen MR) is 84.2 cm³/mol. The highest BCUT2D eigenvalue weighted by Crippen LogP contribution is 2.28. The van der Waals surface area contributed by atoms with Gasteiger partial charge in [-0.2, -0.15) is 4.98 Å². The minimum atomic E-state index is -0.115. The molecule has 1 aliphatic carbocycles. The highest BCUT2D eigenvalue weighted by atomic mass is 16.5. The van der Waals surface area contributed by atoms with Crippen molar-refractivity contribution in [1.82, 2.24) is 15.0 Å². The molecule has 1 heterocycles. The van der Waals surface area contributed by atoms with Crippen molar-refractivity contribution in [2.24, 2.45) is 0 Å². The van der Waals surface area contributed by atoms with Crippen molar-refractivity contribution in [1.29, 1.82) is 0 Å². The first-order valence-corrected chi connectivity index (χ1v) is 8.00. The lowest BCUT2D eigenvalue weighted by Crippen LogP contribution is -2.29. The summed E-state index contributed by atoms with van der Waals surface area (Å²) in [4.78, 5) is 18.5. The number of rotatable bonds is 6. The van der Waals surface area contributed by atoms with Crippen LogP contribution in [0.2, 0.25) is 0 Å². The van der Waals surface area contributed by atoms with Crippen molar-refractivity contribution >= 4 is 5.91 Å². The Kier molecular flexibility index (Phi) is 4.60. The maximum Gasteiger partial charge on any atom is 0.257 e. The van der Waals surface area contributed by atoms with Crippen LogP contribution in [-0.4, -0.2) is 34.1 Å². The zero-order valence-electron chi connectivity index (χ0n) is 13.5. The molecule has 1 saturated carbocycles. The van der Waals surface area contributed by atoms with Crippen molar-refractivity contribution in [2.45, 2.75) is 45.3 Å². The van der Waals surface area contributed by atoms with Gasteiger partial charge >= 0.3 is 0 Å². The molecule has 0 unspecified atom stereocenters. The van der Waals surface area contributed by atoms with E-state index in [4.69, 9.17) is 9.26 Å². The molecule has 0 bridgehead atoms. The summed E-state index contributed by atoms with van der Waals surface area (Å²) in [6.07, 6.45) is 4.24. The minimum Gasteiger partial charge on any atom is -0.490 e. The lowest BCUT2D eigenvalue weighted by molar-refractivity contribution is 0.0751. The Morgan fingerprint density at radius 2 is 2.17 bits per heavy atom. The largest absolute Gasteiger partial charge is 0.490 e. The highest BCUT2D eigenvalue weighted by Gasteiger charge is 2.23. The van der Waals surface area contributed by atoms with Gasteiger partial charge in [-0.15, -0.1) is 0 Å². The van der Waals surface area contributed by atoms with Crippen LogP contribution in [0.3, 0.4) is 0 Å². The Hall–Kier alpha value is -2.37. The Labute approximate surface area is 135 Å². The van der Waals surface area contributed by atoms with Crippen molar-refractivity contribution in [3.05, 3.63) is 41.5 Å². The van der Waals surface area contributed by atoms with Crippen LogP contribution in [0.25, 0.3) is 0 Å². The van der Waals surface area contributed by atoms with E-state index in [1.54, 1.807) is 18.0 Å². The first-order chi connectivity index (χ1) is 11.2. The number of ether oxygens (including phenoxy) is 1. The molecule has 1 aromatic carbocycles. The second-order valence-corrected chi connectivity index (χ2v) is 5.79. The van der Waals surface area contributed by atoms with Gasteiger partial charge in [-0.3, -0.25) is 4.79 Å². The number of benzene rings is 1. The Bertz CT molecular complexity index is 679. The van der Waals surface area contributed by atoms with Crippen molar-refractivity contribution in [3.8, 4) is 5.75 Å². The molecular weight excluding hydrogens is 294 g/mol. The Balaban J connectivity index is 1.71. The van der Waals surface area contributed by atoms with E-state index < -0.39 is 0 Å². The van der Waals surface area contributed by atoms with Crippen molar-refractivity contribution in [3.63, 3.8) is 0 Å². The van der Waals surface area contributed by atoms with Crippen molar-refractivity contribution in [2.75, 3.05) is 7.05 Å². The van der Waals surface area contributed by atoms with Crippen LogP contribution in [0.1, 0.15) is 48.3 Å². The van der Waals surface area contributed by atoms with E-state index in [2.05, 4.69) is 10.1 Å². The lowest BCUT2D eigenvalue weighted by atomic mass is 9.96. The van der Waals surface area contributed by atoms with Gasteiger partial charge in [0.2, 0.25) is 5.89 Å². The zero-order valence-corrected chi connectivity index (χ0v) is 13.5. The van der Waals surface area contributed by atoms with E-state index in [-0.39, 0.29) is 18.6 Å². The first-order valence-electron chi connectivity index (χ1n) is 8.00. The van der Waals surface area contributed by atoms with E-state index >= 15 is 0 Å². The van der Waals surface area contributed by atoms with E-state index in [0.29, 0.717) is 29.4 Å². The fraction of sp³-hybridized carbons (Fsp3) is 0.471. The summed E-state index contributed by atoms with van der Waals surface area (Å²) in [5, 5.41) is 3.85. The Morgan fingerprint density at radius 3 is 2.83 bits per heavy atom. The second-order valence-electron chi connectivity index (χ2n) is 5.79. The molecule has 0 saturated heterocycles. The molecule has 0 spiro atoms. The minimum absolute atomic E-state index is 0.115. The molecule has 1 aromatic heterocycles. The number of nitrogens with zero attached hydrogens (tertiary/aromatic N) is 3. The molecule has 1 aliphatic rings. The summed E-state index contributed by atoms with van der Waals surface area (Å²) in [5.74, 6) is 1.62. The SMILES string of the molecule is CCc1noc(CN(C)C(=O)c2ccccc2OC2CCC2)n1. The highest BCUT2D eigenvalue weighted by molar-refractivity contribution is 5.96. The van der Waals surface area contributed by atoms with E-state index in [0.717, 1.165) is 12.8 Å². The number of carbonyl (C=O) groups excluding carboxylic acids is 1. The molecule has 3 rings (SSSR count). The van der Waals surface area contributed by atoms with E-state index in [9.17, 15) is 4.79 Å². The predicted octanol–water partition coefficient (Wildman–Crippen LogP) is 2.84. The number of aryl methyl sites for hydroxylation is 1. The number of hydrogen-bond acceptors (Lipinski definition) is 5. The van der Waals surface area contributed by atoms with Gasteiger partial charge in [-0.25, -0.2) is 0 Å². The van der Waals surface area contributed by atoms with Crippen LogP contribution in [0, 0.1) is 0 Å². The molecular formula is C17H21N3O3. The molecule has 0 N–H and O–H groups in total. The monoisotopic (exact) mass is 315 g/mol. The molecule has 0 atom stereocenters. The van der Waals surface area contributed by atoms with Gasteiger partial charge in [-0.05, 0) is 31.4 Å². The van der Waals surface area contributed by atoms with Gasteiger partial charge in [0.1, 0.15) is 5.75 Å². The molecule has 23 heavy (non-hydrogen) atoms. The topological polar surface area (TPSA) is 68.5 Å². The number of carbonyl (C=O) groups is 1. The quantitative estimate of drug-likeness (QED) is 0.820. The molecule has 0 radical (unpaired) electrons. The number of hydrogen-bond donors (Lipinski definition) is 0. The summed E-state index contributed by atoms with van der Waals surface area (Å²) < 4.78 is 11.1. The third kappa shape index (κ3) is 3.52. The van der Waals surface area contributed by atoms with Gasteiger partial charge in [0.25, 0.3) is 5.91 Å². The van der Waals surface area contributed by atoms with Gasteiger partial charge in [0, 0.05) is 13.5 Å². The molecule has 122 valence electrons. The molecule has 6 nitrogen and oxygen atoms in total. The van der Waals surface area contributed by atoms with Gasteiger partial charge in [0.05, 0.1) is 18.2 Å². The third-order valence-corrected chi connectivity index (χ3v) is 4.01. The number of aromatic nitrogens is 2. The molecule has 0 aliphatic heterocycles. The second kappa shape index (κ2) is 6.81. The first kappa shape index (κ1) is 15.5. The number of amides is 1. The fourth-order valence-corrected chi connectivity index (χ4v) is 2.39.